The molecule has 0 radical (unpaired) electrons. The molecule has 3 aromatic carbocycles. The van der Waals surface area contributed by atoms with Gasteiger partial charge in [0.05, 0.1) is 49.5 Å². The van der Waals surface area contributed by atoms with Crippen molar-refractivity contribution in [2.24, 2.45) is 0 Å². The van der Waals surface area contributed by atoms with E-state index in [4.69, 9.17) is 24.0 Å². The number of aromatic nitrogens is 4. The maximum absolute atomic E-state index is 13.1. The topological polar surface area (TPSA) is 259 Å². The lowest BCUT2D eigenvalue weighted by Gasteiger charge is -2.16. The van der Waals surface area contributed by atoms with Crippen LogP contribution in [0.25, 0.3) is 11.2 Å². The van der Waals surface area contributed by atoms with Gasteiger partial charge in [-0.05, 0) is 74.4 Å². The minimum Gasteiger partial charge on any atom is -0.480 e. The largest absolute Gasteiger partial charge is 0.480 e. The standard InChI is InChI=1S/C37H39N8O10P/c1-3-52-56(53-4-2)54-21-22-9-15-26(16-10-22)55-36(51)27-7-5-6-8-28(27)42-30(46)18-17-29(35(49)50)43-33(47)23-11-13-24(14-12-23)39-19-25-20-40-32-31(41-25)34(48)45-37(38)44-32/h5-16,20,29,39H,3-4,17-19,21H2,1-2H3,(H,42,46)(H,43,47)(H,49,50)(H3,38,40,44,45,48)/t29-/m0/s1. The number of hydrogen-bond donors (Lipinski definition) is 6. The van der Waals surface area contributed by atoms with Crippen molar-refractivity contribution in [3.63, 3.8) is 0 Å². The molecule has 0 aliphatic heterocycles. The third-order valence-corrected chi connectivity index (χ3v) is 9.01. The molecule has 56 heavy (non-hydrogen) atoms. The summed E-state index contributed by atoms with van der Waals surface area (Å²) in [4.78, 5) is 77.7. The number of esters is 1. The predicted octanol–water partition coefficient (Wildman–Crippen LogP) is 4.55. The van der Waals surface area contributed by atoms with Crippen LogP contribution in [0, 0.1) is 0 Å². The smallest absolute Gasteiger partial charge is 0.345 e. The van der Waals surface area contributed by atoms with E-state index in [-0.39, 0.29) is 65.7 Å². The highest BCUT2D eigenvalue weighted by atomic mass is 31.2. The second-order valence-electron chi connectivity index (χ2n) is 11.8. The first-order valence-corrected chi connectivity index (χ1v) is 18.4. The zero-order valence-corrected chi connectivity index (χ0v) is 31.2. The normalized spacial score (nSPS) is 11.6. The summed E-state index contributed by atoms with van der Waals surface area (Å²) in [6.45, 7) is 5.03. The SMILES string of the molecule is CCOP(OCC)OCc1ccc(OC(=O)c2ccccc2NC(=O)CC[C@H](NC(=O)c2ccc(NCc3cnc4nc(N)[nH]c(=O)c4n3)cc2)C(=O)O)cc1. The Balaban J connectivity index is 1.10. The van der Waals surface area contributed by atoms with Gasteiger partial charge in [-0.2, -0.15) is 4.98 Å². The molecule has 0 unspecified atom stereocenters. The van der Waals surface area contributed by atoms with E-state index in [2.05, 4.69) is 35.9 Å². The Bertz CT molecular complexity index is 2210. The molecule has 18 nitrogen and oxygen atoms in total. The number of ether oxygens (including phenoxy) is 1. The number of nitrogens with one attached hydrogen (secondary N) is 4. The fourth-order valence-electron chi connectivity index (χ4n) is 5.01. The van der Waals surface area contributed by atoms with E-state index in [1.165, 1.54) is 30.5 Å². The van der Waals surface area contributed by atoms with Gasteiger partial charge in [-0.3, -0.25) is 19.4 Å². The molecule has 5 rings (SSSR count). The second kappa shape index (κ2) is 19.8. The Morgan fingerprint density at radius 1 is 0.929 bits per heavy atom. The Morgan fingerprint density at radius 2 is 1.64 bits per heavy atom. The van der Waals surface area contributed by atoms with Crippen molar-refractivity contribution >= 4 is 60.8 Å². The molecule has 0 aliphatic carbocycles. The zero-order chi connectivity index (χ0) is 40.0. The maximum Gasteiger partial charge on any atom is 0.345 e. The molecule has 0 saturated heterocycles. The summed E-state index contributed by atoms with van der Waals surface area (Å²) in [5.74, 6) is -3.09. The molecule has 0 bridgehead atoms. The first kappa shape index (κ1) is 40.8. The molecule has 2 amide bonds. The van der Waals surface area contributed by atoms with Gasteiger partial charge in [0.25, 0.3) is 11.5 Å². The Morgan fingerprint density at radius 3 is 2.34 bits per heavy atom. The van der Waals surface area contributed by atoms with Gasteiger partial charge in [0.1, 0.15) is 11.8 Å². The molecule has 2 heterocycles. The van der Waals surface area contributed by atoms with Crippen LogP contribution >= 0.6 is 8.60 Å². The first-order valence-electron chi connectivity index (χ1n) is 17.3. The lowest BCUT2D eigenvalue weighted by atomic mass is 10.1. The molecule has 292 valence electrons. The second-order valence-corrected chi connectivity index (χ2v) is 13.0. The molecule has 7 N–H and O–H groups in total. The molecule has 5 aromatic rings. The fraction of sp³-hybridized carbons (Fsp3) is 0.243. The molecular formula is C37H39N8O10P. The summed E-state index contributed by atoms with van der Waals surface area (Å²) >= 11 is 0. The van der Waals surface area contributed by atoms with E-state index in [1.54, 1.807) is 48.5 Å². The summed E-state index contributed by atoms with van der Waals surface area (Å²) in [5.41, 5.74) is 7.48. The zero-order valence-electron chi connectivity index (χ0n) is 30.3. The number of rotatable bonds is 19. The number of aliphatic carboxylic acids is 1. The van der Waals surface area contributed by atoms with Crippen LogP contribution in [-0.2, 0) is 36.3 Å². The number of anilines is 3. The number of H-pyrrole nitrogens is 1. The number of nitrogens with zero attached hydrogens (tertiary/aromatic N) is 3. The highest BCUT2D eigenvalue weighted by molar-refractivity contribution is 7.41. The number of carbonyl (C=O) groups is 4. The number of carboxylic acid groups (broad SMARTS) is 1. The van der Waals surface area contributed by atoms with E-state index in [1.807, 2.05) is 13.8 Å². The van der Waals surface area contributed by atoms with E-state index in [0.717, 1.165) is 5.56 Å². The van der Waals surface area contributed by atoms with Crippen LogP contribution in [0.15, 0.2) is 83.8 Å². The van der Waals surface area contributed by atoms with Crippen molar-refractivity contribution < 1.29 is 42.6 Å². The van der Waals surface area contributed by atoms with Crippen molar-refractivity contribution in [2.75, 3.05) is 29.6 Å². The number of hydrogen-bond acceptors (Lipinski definition) is 14. The lowest BCUT2D eigenvalue weighted by molar-refractivity contribution is -0.139. The number of carboxylic acids is 1. The molecule has 1 atom stereocenters. The average molecular weight is 787 g/mol. The van der Waals surface area contributed by atoms with Gasteiger partial charge < -0.3 is 45.1 Å². The van der Waals surface area contributed by atoms with Crippen LogP contribution in [0.4, 0.5) is 17.3 Å². The van der Waals surface area contributed by atoms with Gasteiger partial charge in [0.2, 0.25) is 11.9 Å². The van der Waals surface area contributed by atoms with E-state index < -0.39 is 44.0 Å². The lowest BCUT2D eigenvalue weighted by Crippen LogP contribution is -2.41. The Kier molecular flexibility index (Phi) is 14.5. The minimum absolute atomic E-state index is 0.0396. The maximum atomic E-state index is 13.1. The van der Waals surface area contributed by atoms with Gasteiger partial charge in [-0.15, -0.1) is 0 Å². The highest BCUT2D eigenvalue weighted by Gasteiger charge is 2.23. The van der Waals surface area contributed by atoms with Crippen LogP contribution < -0.4 is 32.0 Å². The molecule has 0 saturated carbocycles. The van der Waals surface area contributed by atoms with Crippen molar-refractivity contribution in [3.05, 3.63) is 112 Å². The van der Waals surface area contributed by atoms with Crippen molar-refractivity contribution in [1.29, 1.82) is 0 Å². The quantitative estimate of drug-likeness (QED) is 0.0381. The summed E-state index contributed by atoms with van der Waals surface area (Å²) in [7, 11) is -1.47. The summed E-state index contributed by atoms with van der Waals surface area (Å²) in [6, 6.07) is 17.7. The Hall–Kier alpha value is -6.33. The van der Waals surface area contributed by atoms with E-state index >= 15 is 0 Å². The van der Waals surface area contributed by atoms with Gasteiger partial charge >= 0.3 is 20.5 Å². The van der Waals surface area contributed by atoms with E-state index in [9.17, 15) is 29.1 Å². The molecule has 0 aliphatic rings. The van der Waals surface area contributed by atoms with Crippen LogP contribution in [0.5, 0.6) is 5.75 Å². The van der Waals surface area contributed by atoms with Crippen LogP contribution in [-0.4, -0.2) is 68.1 Å². The highest BCUT2D eigenvalue weighted by Crippen LogP contribution is 2.40. The van der Waals surface area contributed by atoms with Gasteiger partial charge in [0, 0.05) is 17.7 Å². The third kappa shape index (κ3) is 11.6. The van der Waals surface area contributed by atoms with Crippen molar-refractivity contribution in [2.45, 2.75) is 45.9 Å². The summed E-state index contributed by atoms with van der Waals surface area (Å²) in [5, 5.41) is 18.0. The van der Waals surface area contributed by atoms with Gasteiger partial charge in [-0.1, -0.05) is 24.3 Å². The van der Waals surface area contributed by atoms with Gasteiger partial charge in [0.15, 0.2) is 11.2 Å². The Labute approximate surface area is 321 Å². The van der Waals surface area contributed by atoms with Crippen LogP contribution in [0.1, 0.15) is 58.7 Å². The molecule has 2 aromatic heterocycles. The number of nitrogens with two attached hydrogens (primary N) is 1. The number of amides is 2. The van der Waals surface area contributed by atoms with Crippen molar-refractivity contribution in [1.82, 2.24) is 25.3 Å². The van der Waals surface area contributed by atoms with Crippen LogP contribution in [0.3, 0.4) is 0 Å². The number of carbonyl (C=O) groups excluding carboxylic acids is 3. The number of para-hydroxylation sites is 1. The molecule has 19 heteroatoms. The molecular weight excluding hydrogens is 747 g/mol. The first-order chi connectivity index (χ1) is 27.0. The minimum atomic E-state index is -1.47. The average Bonchev–Trinajstić information content (AvgIpc) is 3.18. The number of nitrogen functional groups attached to an aromatic ring is 1. The predicted molar refractivity (Wildman–Crippen MR) is 206 cm³/mol. The van der Waals surface area contributed by atoms with Crippen molar-refractivity contribution in [3.8, 4) is 5.75 Å². The third-order valence-electron chi connectivity index (χ3n) is 7.73. The monoisotopic (exact) mass is 786 g/mol. The van der Waals surface area contributed by atoms with Gasteiger partial charge in [-0.25, -0.2) is 19.6 Å². The summed E-state index contributed by atoms with van der Waals surface area (Å²) in [6.07, 6.45) is 0.935. The molecule has 0 spiro atoms. The number of aromatic amines is 1. The fourth-order valence-corrected chi connectivity index (χ4v) is 5.91. The van der Waals surface area contributed by atoms with E-state index in [0.29, 0.717) is 24.6 Å². The summed E-state index contributed by atoms with van der Waals surface area (Å²) < 4.78 is 22.1. The molecule has 0 fully saturated rings. The van der Waals surface area contributed by atoms with Crippen LogP contribution in [0.2, 0.25) is 0 Å². The number of fused-ring (bicyclic) bond motifs is 1. The number of benzene rings is 3.